The highest BCUT2D eigenvalue weighted by Crippen LogP contribution is 2.43. The lowest BCUT2D eigenvalue weighted by Crippen LogP contribution is -2.60. The van der Waals surface area contributed by atoms with Gasteiger partial charge in [0.05, 0.1) is 37.6 Å². The Morgan fingerprint density at radius 2 is 1.61 bits per heavy atom. The van der Waals surface area contributed by atoms with Gasteiger partial charge in [-0.2, -0.15) is 0 Å². The Kier molecular flexibility index (Phi) is 10.5. The predicted octanol–water partition coefficient (Wildman–Crippen LogP) is -1.69. The topological polar surface area (TPSA) is 214 Å². The van der Waals surface area contributed by atoms with Crippen LogP contribution < -0.4 is 0 Å². The SMILES string of the molecule is C[C@@H]1O[C@@H](O[C@@H]2C=C(CO)[C@H]3[C@H](O[C@@H]4O[C@H](CO)[C@@H](O)[C@H](O)[C@H]4O)OC=C[C@H]32)[C@H](O)[C@H](OC(=O)C=Cc2ccccc2)[C@H]1O. The number of ether oxygens (including phenoxy) is 6. The molecule has 1 aromatic carbocycles. The number of fused-ring (bicyclic) bond motifs is 1. The van der Waals surface area contributed by atoms with Crippen LogP contribution in [0, 0.1) is 11.8 Å². The number of esters is 1. The third-order valence-electron chi connectivity index (χ3n) is 8.24. The van der Waals surface area contributed by atoms with Crippen LogP contribution in [0.15, 0.2) is 60.4 Å². The second-order valence-corrected chi connectivity index (χ2v) is 11.1. The molecule has 2 fully saturated rings. The maximum absolute atomic E-state index is 12.5. The van der Waals surface area contributed by atoms with E-state index < -0.39 is 105 Å². The lowest BCUT2D eigenvalue weighted by Gasteiger charge is -2.43. The molecule has 0 radical (unpaired) electrons. The predicted molar refractivity (Wildman–Crippen MR) is 148 cm³/mol. The molecule has 0 spiro atoms. The monoisotopic (exact) mass is 622 g/mol. The maximum atomic E-state index is 12.5. The Labute approximate surface area is 253 Å². The van der Waals surface area contributed by atoms with Crippen LogP contribution in [0.3, 0.4) is 0 Å². The van der Waals surface area contributed by atoms with Crippen molar-refractivity contribution in [2.24, 2.45) is 11.8 Å². The molecule has 14 nitrogen and oxygen atoms in total. The average molecular weight is 623 g/mol. The fraction of sp³-hybridized carbons (Fsp3) is 0.567. The molecule has 242 valence electrons. The molecule has 4 aliphatic rings. The van der Waals surface area contributed by atoms with Gasteiger partial charge in [0.1, 0.15) is 36.6 Å². The van der Waals surface area contributed by atoms with Crippen molar-refractivity contribution in [3.63, 3.8) is 0 Å². The van der Waals surface area contributed by atoms with E-state index in [4.69, 9.17) is 28.4 Å². The number of aliphatic hydroxyl groups excluding tert-OH is 7. The lowest BCUT2D eigenvalue weighted by atomic mass is 9.88. The summed E-state index contributed by atoms with van der Waals surface area (Å²) in [7, 11) is 0. The molecule has 44 heavy (non-hydrogen) atoms. The lowest BCUT2D eigenvalue weighted by molar-refractivity contribution is -0.341. The molecule has 1 aliphatic carbocycles. The highest BCUT2D eigenvalue weighted by Gasteiger charge is 2.52. The summed E-state index contributed by atoms with van der Waals surface area (Å²) in [6, 6.07) is 9.03. The van der Waals surface area contributed by atoms with Crippen molar-refractivity contribution in [2.75, 3.05) is 13.2 Å². The van der Waals surface area contributed by atoms with E-state index in [0.29, 0.717) is 5.57 Å². The third-order valence-corrected chi connectivity index (χ3v) is 8.24. The third kappa shape index (κ3) is 6.76. The van der Waals surface area contributed by atoms with Gasteiger partial charge in [-0.1, -0.05) is 36.4 Å². The first-order valence-electron chi connectivity index (χ1n) is 14.3. The van der Waals surface area contributed by atoms with Crippen molar-refractivity contribution < 1.29 is 69.0 Å². The average Bonchev–Trinajstić information content (AvgIpc) is 3.39. The fourth-order valence-corrected chi connectivity index (χ4v) is 5.79. The summed E-state index contributed by atoms with van der Waals surface area (Å²) in [5.74, 6) is -2.00. The van der Waals surface area contributed by atoms with Crippen LogP contribution in [0.25, 0.3) is 6.08 Å². The number of rotatable bonds is 9. The molecular weight excluding hydrogens is 584 g/mol. The van der Waals surface area contributed by atoms with Crippen LogP contribution in [-0.2, 0) is 33.2 Å². The number of carbonyl (C=O) groups is 1. The highest BCUT2D eigenvalue weighted by atomic mass is 16.8. The van der Waals surface area contributed by atoms with Gasteiger partial charge in [-0.15, -0.1) is 0 Å². The van der Waals surface area contributed by atoms with E-state index in [9.17, 15) is 40.5 Å². The van der Waals surface area contributed by atoms with Gasteiger partial charge < -0.3 is 64.2 Å². The Balaban J connectivity index is 1.26. The summed E-state index contributed by atoms with van der Waals surface area (Å²) in [4.78, 5) is 12.5. The van der Waals surface area contributed by atoms with Crippen LogP contribution in [0.1, 0.15) is 12.5 Å². The minimum atomic E-state index is -1.67. The molecule has 14 heteroatoms. The van der Waals surface area contributed by atoms with E-state index in [0.717, 1.165) is 5.56 Å². The smallest absolute Gasteiger partial charge is 0.331 e. The second-order valence-electron chi connectivity index (χ2n) is 11.1. The van der Waals surface area contributed by atoms with E-state index in [1.165, 1.54) is 18.4 Å². The number of benzene rings is 1. The van der Waals surface area contributed by atoms with E-state index in [1.807, 2.05) is 18.2 Å². The first-order valence-corrected chi connectivity index (χ1v) is 14.3. The molecule has 3 aliphatic heterocycles. The van der Waals surface area contributed by atoms with Crippen LogP contribution in [0.5, 0.6) is 0 Å². The summed E-state index contributed by atoms with van der Waals surface area (Å²) in [5.41, 5.74) is 1.19. The van der Waals surface area contributed by atoms with Crippen molar-refractivity contribution >= 4 is 12.0 Å². The van der Waals surface area contributed by atoms with Gasteiger partial charge in [-0.25, -0.2) is 4.79 Å². The normalized spacial score (nSPS) is 42.0. The molecular formula is C30H38O14. The van der Waals surface area contributed by atoms with Crippen molar-refractivity contribution in [1.29, 1.82) is 0 Å². The summed E-state index contributed by atoms with van der Waals surface area (Å²) >= 11 is 0. The number of aliphatic hydroxyl groups is 7. The van der Waals surface area contributed by atoms with Crippen molar-refractivity contribution in [3.05, 3.63) is 66.0 Å². The van der Waals surface area contributed by atoms with Crippen molar-refractivity contribution in [1.82, 2.24) is 0 Å². The standard InChI is InChI=1S/C30H38O14/c1-14-22(34)27(43-20(33)8-7-15-5-3-2-4-6-15)26(38)30(40-14)41-18-11-16(12-31)21-17(18)9-10-39-28(21)44-29-25(37)24(36)23(35)19(13-32)42-29/h2-11,14,17-19,21-32,34-38H,12-13H2,1H3/t14-,17-,18+,19+,21+,22-,23+,24-,25+,26+,27+,28-,29-,30-/m0/s1. The molecule has 0 unspecified atom stereocenters. The maximum Gasteiger partial charge on any atom is 0.331 e. The van der Waals surface area contributed by atoms with Gasteiger partial charge in [0.25, 0.3) is 0 Å². The Hall–Kier alpha value is -2.73. The number of hydrogen-bond acceptors (Lipinski definition) is 14. The van der Waals surface area contributed by atoms with Gasteiger partial charge >= 0.3 is 5.97 Å². The Bertz CT molecular complexity index is 1200. The van der Waals surface area contributed by atoms with E-state index >= 15 is 0 Å². The van der Waals surface area contributed by atoms with Crippen molar-refractivity contribution in [3.8, 4) is 0 Å². The zero-order chi connectivity index (χ0) is 31.5. The van der Waals surface area contributed by atoms with Gasteiger partial charge in [-0.05, 0) is 30.2 Å². The van der Waals surface area contributed by atoms with Crippen LogP contribution >= 0.6 is 0 Å². The first-order chi connectivity index (χ1) is 21.1. The summed E-state index contributed by atoms with van der Waals surface area (Å²) in [5, 5.41) is 72.0. The highest BCUT2D eigenvalue weighted by molar-refractivity contribution is 5.87. The zero-order valence-corrected chi connectivity index (χ0v) is 23.8. The molecule has 5 rings (SSSR count). The molecule has 0 amide bonds. The van der Waals surface area contributed by atoms with Gasteiger partial charge in [0.2, 0.25) is 6.29 Å². The quantitative estimate of drug-likeness (QED) is 0.0931. The largest absolute Gasteiger partial charge is 0.472 e. The van der Waals surface area contributed by atoms with E-state index in [-0.39, 0.29) is 0 Å². The number of hydrogen-bond donors (Lipinski definition) is 7. The van der Waals surface area contributed by atoms with Crippen LogP contribution in [0.4, 0.5) is 0 Å². The molecule has 3 heterocycles. The first kappa shape index (κ1) is 32.7. The van der Waals surface area contributed by atoms with Crippen LogP contribution in [0.2, 0.25) is 0 Å². The molecule has 0 bridgehead atoms. The zero-order valence-electron chi connectivity index (χ0n) is 23.8. The molecule has 0 aromatic heterocycles. The van der Waals surface area contributed by atoms with Gasteiger partial charge in [0, 0.05) is 12.0 Å². The molecule has 1 aromatic rings. The molecule has 0 saturated carbocycles. The van der Waals surface area contributed by atoms with Crippen molar-refractivity contribution in [2.45, 2.75) is 80.7 Å². The fourth-order valence-electron chi connectivity index (χ4n) is 5.79. The summed E-state index contributed by atoms with van der Waals surface area (Å²) in [6.45, 7) is 0.471. The molecule has 14 atom stereocenters. The molecule has 2 saturated heterocycles. The summed E-state index contributed by atoms with van der Waals surface area (Å²) in [6.07, 6.45) is -8.76. The minimum absolute atomic E-state index is 0.427. The van der Waals surface area contributed by atoms with E-state index in [2.05, 4.69) is 0 Å². The van der Waals surface area contributed by atoms with Gasteiger partial charge in [0.15, 0.2) is 18.7 Å². The van der Waals surface area contributed by atoms with E-state index in [1.54, 1.807) is 31.2 Å². The minimum Gasteiger partial charge on any atom is -0.472 e. The van der Waals surface area contributed by atoms with Gasteiger partial charge in [-0.3, -0.25) is 0 Å². The Morgan fingerprint density at radius 1 is 0.886 bits per heavy atom. The van der Waals surface area contributed by atoms with Crippen LogP contribution in [-0.4, -0.2) is 129 Å². The second kappa shape index (κ2) is 14.1. The number of carbonyl (C=O) groups excluding carboxylic acids is 1. The Morgan fingerprint density at radius 3 is 2.32 bits per heavy atom. The molecule has 7 N–H and O–H groups in total. The summed E-state index contributed by atoms with van der Waals surface area (Å²) < 4.78 is 34.2.